The molecule has 2 atom stereocenters. The van der Waals surface area contributed by atoms with E-state index in [0.29, 0.717) is 12.0 Å². The van der Waals surface area contributed by atoms with Crippen molar-refractivity contribution in [3.63, 3.8) is 0 Å². The molecule has 0 saturated carbocycles. The van der Waals surface area contributed by atoms with Gasteiger partial charge in [-0.05, 0) is 55.1 Å². The minimum Gasteiger partial charge on any atom is -0.350 e. The Balaban J connectivity index is 1.42. The standard InChI is InChI=1S/C27H34N5/c1-3-7-23-21(6-1)19-29-25(23)26-27(31-17-12-28-13-18-31,22-10-14-30(26)15-11-22)32-16-9-20-5-2-4-8-24(20)32/h1-8,22,25,28-29H,9-19H2. The van der Waals surface area contributed by atoms with Crippen molar-refractivity contribution >= 4 is 5.69 Å². The maximum absolute atomic E-state index is 3.97. The molecule has 2 aromatic carbocycles. The molecule has 32 heavy (non-hydrogen) atoms. The van der Waals surface area contributed by atoms with Gasteiger partial charge in [-0.15, -0.1) is 0 Å². The van der Waals surface area contributed by atoms with Crippen LogP contribution in [0.1, 0.15) is 35.6 Å². The number of anilines is 1. The Morgan fingerprint density at radius 3 is 2.41 bits per heavy atom. The molecule has 6 aliphatic rings. The number of nitrogens with one attached hydrogen (secondary N) is 2. The van der Waals surface area contributed by atoms with Gasteiger partial charge >= 0.3 is 0 Å². The highest BCUT2D eigenvalue weighted by atomic mass is 15.5. The van der Waals surface area contributed by atoms with Crippen LogP contribution in [0.5, 0.6) is 0 Å². The van der Waals surface area contributed by atoms with Crippen LogP contribution in [-0.2, 0) is 13.0 Å². The van der Waals surface area contributed by atoms with Crippen molar-refractivity contribution in [2.75, 3.05) is 50.7 Å². The van der Waals surface area contributed by atoms with Crippen LogP contribution in [0.25, 0.3) is 0 Å². The topological polar surface area (TPSA) is 33.8 Å². The molecule has 2 aromatic rings. The van der Waals surface area contributed by atoms with Gasteiger partial charge in [-0.3, -0.25) is 9.80 Å². The summed E-state index contributed by atoms with van der Waals surface area (Å²) in [5.41, 5.74) is 5.95. The third kappa shape index (κ3) is 2.65. The Morgan fingerprint density at radius 2 is 1.56 bits per heavy atom. The molecule has 0 aliphatic carbocycles. The van der Waals surface area contributed by atoms with E-state index in [1.807, 2.05) is 0 Å². The summed E-state index contributed by atoms with van der Waals surface area (Å²) in [7, 11) is 0. The first-order valence-corrected chi connectivity index (χ1v) is 12.6. The van der Waals surface area contributed by atoms with Crippen molar-refractivity contribution in [3.05, 3.63) is 71.3 Å². The number of nitrogens with zero attached hydrogens (tertiary/aromatic N) is 3. The fourth-order valence-electron chi connectivity index (χ4n) is 7.55. The van der Waals surface area contributed by atoms with Crippen molar-refractivity contribution in [2.24, 2.45) is 5.92 Å². The molecule has 8 rings (SSSR count). The zero-order valence-corrected chi connectivity index (χ0v) is 18.9. The molecule has 0 spiro atoms. The second-order valence-corrected chi connectivity index (χ2v) is 10.2. The number of hydrogen-bond acceptors (Lipinski definition) is 5. The smallest absolute Gasteiger partial charge is 0.119 e. The fraction of sp³-hybridized carbons (Fsp3) is 0.519. The van der Waals surface area contributed by atoms with Gasteiger partial charge in [0.1, 0.15) is 11.7 Å². The molecule has 4 fully saturated rings. The van der Waals surface area contributed by atoms with Gasteiger partial charge in [-0.2, -0.15) is 0 Å². The summed E-state index contributed by atoms with van der Waals surface area (Å²) in [6.45, 7) is 8.97. The highest BCUT2D eigenvalue weighted by Crippen LogP contribution is 2.57. The van der Waals surface area contributed by atoms with Gasteiger partial charge in [0.05, 0.1) is 6.04 Å². The molecule has 0 aromatic heterocycles. The van der Waals surface area contributed by atoms with Crippen LogP contribution in [0.3, 0.4) is 0 Å². The van der Waals surface area contributed by atoms with Crippen LogP contribution in [-0.4, -0.2) is 61.3 Å². The van der Waals surface area contributed by atoms with Crippen molar-refractivity contribution in [1.82, 2.24) is 20.4 Å². The van der Waals surface area contributed by atoms with E-state index in [1.165, 1.54) is 54.7 Å². The Hall–Kier alpha value is -1.92. The highest BCUT2D eigenvalue weighted by molar-refractivity contribution is 5.62. The molecule has 5 nitrogen and oxygen atoms in total. The highest BCUT2D eigenvalue weighted by Gasteiger charge is 2.64. The Kier molecular flexibility index (Phi) is 4.62. The molecule has 2 N–H and O–H groups in total. The van der Waals surface area contributed by atoms with E-state index in [0.717, 1.165) is 39.3 Å². The summed E-state index contributed by atoms with van der Waals surface area (Å²) in [4.78, 5) is 8.50. The molecule has 167 valence electrons. The maximum Gasteiger partial charge on any atom is 0.119 e. The summed E-state index contributed by atoms with van der Waals surface area (Å²) in [6, 6.07) is 20.3. The molecule has 0 amide bonds. The Bertz CT molecular complexity index is 993. The molecular weight excluding hydrogens is 394 g/mol. The molecular formula is C27H34N5. The van der Waals surface area contributed by atoms with E-state index in [9.17, 15) is 0 Å². The largest absolute Gasteiger partial charge is 0.350 e. The first-order valence-electron chi connectivity index (χ1n) is 12.6. The maximum atomic E-state index is 3.97. The number of rotatable bonds is 3. The van der Waals surface area contributed by atoms with Crippen LogP contribution in [0.2, 0.25) is 0 Å². The average Bonchev–Trinajstić information content (AvgIpc) is 3.49. The molecule has 5 heteroatoms. The molecule has 2 bridgehead atoms. The number of piperazine rings is 1. The van der Waals surface area contributed by atoms with Crippen molar-refractivity contribution < 1.29 is 0 Å². The third-order valence-electron chi connectivity index (χ3n) is 8.82. The predicted octanol–water partition coefficient (Wildman–Crippen LogP) is 2.75. The lowest BCUT2D eigenvalue weighted by Gasteiger charge is -2.67. The molecule has 6 aliphatic heterocycles. The van der Waals surface area contributed by atoms with E-state index in [1.54, 1.807) is 6.04 Å². The normalized spacial score (nSPS) is 34.6. The summed E-state index contributed by atoms with van der Waals surface area (Å²) in [6.07, 6.45) is 3.78. The minimum absolute atomic E-state index is 0.0275. The van der Waals surface area contributed by atoms with Crippen LogP contribution >= 0.6 is 0 Å². The van der Waals surface area contributed by atoms with Gasteiger partial charge in [0.2, 0.25) is 0 Å². The number of piperidine rings is 3. The summed E-state index contributed by atoms with van der Waals surface area (Å²) < 4.78 is 0. The summed E-state index contributed by atoms with van der Waals surface area (Å²) in [5.74, 6) is 0.682. The Morgan fingerprint density at radius 1 is 0.812 bits per heavy atom. The van der Waals surface area contributed by atoms with E-state index in [2.05, 4.69) is 73.9 Å². The van der Waals surface area contributed by atoms with E-state index >= 15 is 0 Å². The van der Waals surface area contributed by atoms with Gasteiger partial charge in [0.25, 0.3) is 0 Å². The van der Waals surface area contributed by atoms with Gasteiger partial charge in [-0.25, -0.2) is 0 Å². The average molecular weight is 429 g/mol. The first-order chi connectivity index (χ1) is 15.9. The quantitative estimate of drug-likeness (QED) is 0.786. The van der Waals surface area contributed by atoms with Crippen molar-refractivity contribution in [2.45, 2.75) is 37.5 Å². The third-order valence-corrected chi connectivity index (χ3v) is 8.82. The predicted molar refractivity (Wildman–Crippen MR) is 128 cm³/mol. The number of para-hydroxylation sites is 1. The van der Waals surface area contributed by atoms with Crippen LogP contribution in [0.15, 0.2) is 48.5 Å². The lowest BCUT2D eigenvalue weighted by molar-refractivity contribution is -0.0817. The lowest BCUT2D eigenvalue weighted by Crippen LogP contribution is -2.78. The lowest BCUT2D eigenvalue weighted by atomic mass is 9.67. The van der Waals surface area contributed by atoms with Crippen molar-refractivity contribution in [3.8, 4) is 0 Å². The van der Waals surface area contributed by atoms with Crippen molar-refractivity contribution in [1.29, 1.82) is 0 Å². The van der Waals surface area contributed by atoms with Crippen LogP contribution in [0.4, 0.5) is 5.69 Å². The van der Waals surface area contributed by atoms with Gasteiger partial charge in [0.15, 0.2) is 0 Å². The van der Waals surface area contributed by atoms with Gasteiger partial charge < -0.3 is 15.5 Å². The second-order valence-electron chi connectivity index (χ2n) is 10.2. The van der Waals surface area contributed by atoms with Gasteiger partial charge in [-0.1, -0.05) is 42.5 Å². The molecule has 1 radical (unpaired) electrons. The van der Waals surface area contributed by atoms with Gasteiger partial charge in [0, 0.05) is 50.9 Å². The van der Waals surface area contributed by atoms with E-state index < -0.39 is 0 Å². The first kappa shape index (κ1) is 19.5. The van der Waals surface area contributed by atoms with E-state index in [-0.39, 0.29) is 5.66 Å². The number of fused-ring (bicyclic) bond motifs is 5. The van der Waals surface area contributed by atoms with Crippen LogP contribution in [0, 0.1) is 12.0 Å². The SMILES string of the molecule is c1ccc2c(c1)CNC2[C]1N2CCC(CC2)C1(N1CCNCC1)N1CCc2ccccc21. The fourth-order valence-corrected chi connectivity index (χ4v) is 7.55. The summed E-state index contributed by atoms with van der Waals surface area (Å²) >= 11 is 0. The van der Waals surface area contributed by atoms with Crippen LogP contribution < -0.4 is 15.5 Å². The second kappa shape index (κ2) is 7.56. The summed E-state index contributed by atoms with van der Waals surface area (Å²) in [5, 5.41) is 7.60. The minimum atomic E-state index is -0.0275. The molecule has 2 unspecified atom stereocenters. The number of benzene rings is 2. The molecule has 4 saturated heterocycles. The van der Waals surface area contributed by atoms with E-state index in [4.69, 9.17) is 0 Å². The monoisotopic (exact) mass is 428 g/mol. The molecule has 6 heterocycles. The Labute approximate surface area is 191 Å². The zero-order chi connectivity index (χ0) is 21.1. The number of hydrogen-bond donors (Lipinski definition) is 2. The zero-order valence-electron chi connectivity index (χ0n) is 18.9.